The minimum absolute atomic E-state index is 0.00690. The van der Waals surface area contributed by atoms with Gasteiger partial charge in [-0.15, -0.1) is 0 Å². The van der Waals surface area contributed by atoms with E-state index in [1.165, 1.54) is 0 Å². The van der Waals surface area contributed by atoms with Gasteiger partial charge in [-0.1, -0.05) is 0 Å². The first-order valence-corrected chi connectivity index (χ1v) is 3.26. The van der Waals surface area contributed by atoms with E-state index in [0.717, 1.165) is 6.42 Å². The highest BCUT2D eigenvalue weighted by Crippen LogP contribution is 2.03. The third-order valence-corrected chi connectivity index (χ3v) is 1.39. The van der Waals surface area contributed by atoms with Gasteiger partial charge in [0.05, 0.1) is 6.54 Å². The van der Waals surface area contributed by atoms with Gasteiger partial charge in [0.2, 0.25) is 0 Å². The van der Waals surface area contributed by atoms with Gasteiger partial charge in [-0.25, -0.2) is 4.79 Å². The molecule has 0 aliphatic carbocycles. The van der Waals surface area contributed by atoms with Gasteiger partial charge in [0.15, 0.2) is 0 Å². The van der Waals surface area contributed by atoms with E-state index in [1.807, 2.05) is 0 Å². The van der Waals surface area contributed by atoms with Crippen LogP contribution in [0.5, 0.6) is 0 Å². The summed E-state index contributed by atoms with van der Waals surface area (Å²) in [5.74, 6) is 0. The van der Waals surface area contributed by atoms with Crippen LogP contribution in [0, 0.1) is 0 Å². The van der Waals surface area contributed by atoms with Gasteiger partial charge in [0.25, 0.3) is 0 Å². The van der Waals surface area contributed by atoms with E-state index >= 15 is 0 Å². The van der Waals surface area contributed by atoms with Crippen molar-refractivity contribution in [3.63, 3.8) is 0 Å². The number of hydrogen-bond acceptors (Lipinski definition) is 3. The molecule has 58 valence electrons. The SMILES string of the molecule is COCC[C@@H]1CNC(=O)O1. The number of carbonyl (C=O) groups is 1. The lowest BCUT2D eigenvalue weighted by Gasteiger charge is -2.04. The van der Waals surface area contributed by atoms with Crippen molar-refractivity contribution >= 4 is 6.09 Å². The molecule has 0 spiro atoms. The van der Waals surface area contributed by atoms with Crippen LogP contribution in [-0.2, 0) is 9.47 Å². The molecule has 0 saturated carbocycles. The summed E-state index contributed by atoms with van der Waals surface area (Å²) >= 11 is 0. The van der Waals surface area contributed by atoms with Crippen molar-refractivity contribution in [2.45, 2.75) is 12.5 Å². The number of hydrogen-bond donors (Lipinski definition) is 1. The molecular formula is C6H11NO3. The number of ether oxygens (including phenoxy) is 2. The van der Waals surface area contributed by atoms with Crippen LogP contribution in [0.3, 0.4) is 0 Å². The molecule has 10 heavy (non-hydrogen) atoms. The maximum Gasteiger partial charge on any atom is 0.407 e. The molecule has 1 saturated heterocycles. The van der Waals surface area contributed by atoms with Gasteiger partial charge in [-0.05, 0) is 0 Å². The molecular weight excluding hydrogens is 134 g/mol. The van der Waals surface area contributed by atoms with Gasteiger partial charge in [0.1, 0.15) is 6.10 Å². The van der Waals surface area contributed by atoms with Crippen molar-refractivity contribution in [1.82, 2.24) is 5.32 Å². The molecule has 0 bridgehead atoms. The quantitative estimate of drug-likeness (QED) is 0.614. The van der Waals surface area contributed by atoms with Crippen LogP contribution in [0.25, 0.3) is 0 Å². The number of alkyl carbamates (subject to hydrolysis) is 1. The molecule has 4 heteroatoms. The van der Waals surface area contributed by atoms with E-state index in [-0.39, 0.29) is 12.2 Å². The molecule has 1 aliphatic rings. The number of rotatable bonds is 3. The lowest BCUT2D eigenvalue weighted by molar-refractivity contribution is 0.107. The molecule has 1 heterocycles. The summed E-state index contributed by atoms with van der Waals surface area (Å²) < 4.78 is 9.65. The molecule has 0 aromatic carbocycles. The highest BCUT2D eigenvalue weighted by atomic mass is 16.6. The number of nitrogens with one attached hydrogen (secondary N) is 1. The normalized spacial score (nSPS) is 24.1. The Balaban J connectivity index is 2.12. The number of cyclic esters (lactones) is 1. The van der Waals surface area contributed by atoms with Crippen LogP contribution in [-0.4, -0.2) is 32.5 Å². The Kier molecular flexibility index (Phi) is 2.50. The maximum absolute atomic E-state index is 10.4. The Morgan fingerprint density at radius 1 is 1.90 bits per heavy atom. The molecule has 1 fully saturated rings. The molecule has 1 rings (SSSR count). The Morgan fingerprint density at radius 2 is 2.70 bits per heavy atom. The zero-order chi connectivity index (χ0) is 7.40. The third-order valence-electron chi connectivity index (χ3n) is 1.39. The largest absolute Gasteiger partial charge is 0.444 e. The van der Waals surface area contributed by atoms with Crippen LogP contribution < -0.4 is 5.32 Å². The van der Waals surface area contributed by atoms with Gasteiger partial charge < -0.3 is 14.8 Å². The molecule has 4 nitrogen and oxygen atoms in total. The first kappa shape index (κ1) is 7.34. The number of amides is 1. The lowest BCUT2D eigenvalue weighted by Crippen LogP contribution is -2.16. The van der Waals surface area contributed by atoms with Crippen molar-refractivity contribution in [2.75, 3.05) is 20.3 Å². The Bertz CT molecular complexity index is 126. The summed E-state index contributed by atoms with van der Waals surface area (Å²) in [4.78, 5) is 10.4. The second kappa shape index (κ2) is 3.41. The van der Waals surface area contributed by atoms with Crippen molar-refractivity contribution in [2.24, 2.45) is 0 Å². The van der Waals surface area contributed by atoms with Crippen molar-refractivity contribution in [1.29, 1.82) is 0 Å². The average molecular weight is 145 g/mol. The van der Waals surface area contributed by atoms with Gasteiger partial charge in [-0.3, -0.25) is 0 Å². The summed E-state index contributed by atoms with van der Waals surface area (Å²) in [6, 6.07) is 0. The molecule has 1 N–H and O–H groups in total. The minimum atomic E-state index is -0.318. The van der Waals surface area contributed by atoms with E-state index < -0.39 is 0 Å². The Labute approximate surface area is 59.5 Å². The maximum atomic E-state index is 10.4. The number of carbonyl (C=O) groups excluding carboxylic acids is 1. The topological polar surface area (TPSA) is 47.6 Å². The zero-order valence-electron chi connectivity index (χ0n) is 5.92. The van der Waals surface area contributed by atoms with E-state index in [9.17, 15) is 4.79 Å². The summed E-state index contributed by atoms with van der Waals surface area (Å²) in [5, 5.41) is 2.56. The van der Waals surface area contributed by atoms with Crippen molar-refractivity contribution < 1.29 is 14.3 Å². The molecule has 1 amide bonds. The van der Waals surface area contributed by atoms with Crippen LogP contribution in [0.2, 0.25) is 0 Å². The predicted octanol–water partition coefficient (Wildman–Crippen LogP) is 0.131. The van der Waals surface area contributed by atoms with Crippen molar-refractivity contribution in [3.8, 4) is 0 Å². The molecule has 0 aromatic heterocycles. The molecule has 1 aliphatic heterocycles. The van der Waals surface area contributed by atoms with Crippen LogP contribution in [0.15, 0.2) is 0 Å². The third kappa shape index (κ3) is 1.88. The fraction of sp³-hybridized carbons (Fsp3) is 0.833. The molecule has 1 atom stereocenters. The van der Waals surface area contributed by atoms with Crippen molar-refractivity contribution in [3.05, 3.63) is 0 Å². The fourth-order valence-electron chi connectivity index (χ4n) is 0.842. The average Bonchev–Trinajstić information content (AvgIpc) is 2.31. The summed E-state index contributed by atoms with van der Waals surface area (Å²) in [6.07, 6.45) is 0.462. The second-order valence-corrected chi connectivity index (χ2v) is 2.19. The number of methoxy groups -OCH3 is 1. The predicted molar refractivity (Wildman–Crippen MR) is 34.8 cm³/mol. The van der Waals surface area contributed by atoms with Gasteiger partial charge in [-0.2, -0.15) is 0 Å². The lowest BCUT2D eigenvalue weighted by atomic mass is 10.3. The second-order valence-electron chi connectivity index (χ2n) is 2.19. The van der Waals surface area contributed by atoms with E-state index in [0.29, 0.717) is 13.2 Å². The van der Waals surface area contributed by atoms with Crippen LogP contribution in [0.1, 0.15) is 6.42 Å². The Morgan fingerprint density at radius 3 is 3.20 bits per heavy atom. The van der Waals surface area contributed by atoms with Gasteiger partial charge >= 0.3 is 6.09 Å². The van der Waals surface area contributed by atoms with Crippen LogP contribution >= 0.6 is 0 Å². The summed E-state index contributed by atoms with van der Waals surface area (Å²) in [6.45, 7) is 1.25. The first-order chi connectivity index (χ1) is 4.83. The molecule has 0 unspecified atom stereocenters. The van der Waals surface area contributed by atoms with E-state index in [2.05, 4.69) is 5.32 Å². The Hall–Kier alpha value is -0.770. The molecule has 0 radical (unpaired) electrons. The molecule has 0 aromatic rings. The zero-order valence-corrected chi connectivity index (χ0v) is 5.92. The smallest absolute Gasteiger partial charge is 0.407 e. The fourth-order valence-corrected chi connectivity index (χ4v) is 0.842. The summed E-state index contributed by atoms with van der Waals surface area (Å²) in [7, 11) is 1.63. The monoisotopic (exact) mass is 145 g/mol. The summed E-state index contributed by atoms with van der Waals surface area (Å²) in [5.41, 5.74) is 0. The van der Waals surface area contributed by atoms with E-state index in [1.54, 1.807) is 7.11 Å². The highest BCUT2D eigenvalue weighted by molar-refractivity contribution is 5.69. The standard InChI is InChI=1S/C6H11NO3/c1-9-3-2-5-4-7-6(8)10-5/h5H,2-4H2,1H3,(H,7,8)/t5-/m1/s1. The van der Waals surface area contributed by atoms with E-state index in [4.69, 9.17) is 9.47 Å². The highest BCUT2D eigenvalue weighted by Gasteiger charge is 2.21. The van der Waals surface area contributed by atoms with Gasteiger partial charge in [0, 0.05) is 20.1 Å². The first-order valence-electron chi connectivity index (χ1n) is 3.26. The van der Waals surface area contributed by atoms with Crippen LogP contribution in [0.4, 0.5) is 4.79 Å². The minimum Gasteiger partial charge on any atom is -0.444 e.